The van der Waals surface area contributed by atoms with Crippen molar-refractivity contribution in [1.82, 2.24) is 9.78 Å². The smallest absolute Gasteiger partial charge is 0.290 e. The number of hydrogen-bond acceptors (Lipinski definition) is 4. The molecule has 1 amide bonds. The summed E-state index contributed by atoms with van der Waals surface area (Å²) in [5, 5.41) is 4.05. The number of benzene rings is 1. The highest BCUT2D eigenvalue weighted by Gasteiger charge is 2.19. The van der Waals surface area contributed by atoms with E-state index >= 15 is 0 Å². The van der Waals surface area contributed by atoms with Gasteiger partial charge in [0.05, 0.1) is 5.56 Å². The Morgan fingerprint density at radius 3 is 2.44 bits per heavy atom. The number of nitrogens with zero attached hydrogens (tertiary/aromatic N) is 2. The minimum absolute atomic E-state index is 0.0377. The van der Waals surface area contributed by atoms with Crippen molar-refractivity contribution in [1.29, 1.82) is 0 Å². The summed E-state index contributed by atoms with van der Waals surface area (Å²) in [6.45, 7) is 0. The van der Waals surface area contributed by atoms with E-state index in [1.165, 1.54) is 7.05 Å². The number of rotatable bonds is 2. The molecule has 0 saturated heterocycles. The standard InChI is InChI=1S/C12H12N4O2/c1-16-12(18)9(13)8(11(14)17)10(15-16)7-5-3-2-4-6-7/h2-6H,13H2,1H3,(H2,14,17). The molecule has 1 aromatic heterocycles. The maximum absolute atomic E-state index is 11.6. The third kappa shape index (κ3) is 1.84. The summed E-state index contributed by atoms with van der Waals surface area (Å²) < 4.78 is 1.09. The molecule has 18 heavy (non-hydrogen) atoms. The van der Waals surface area contributed by atoms with Gasteiger partial charge >= 0.3 is 0 Å². The zero-order chi connectivity index (χ0) is 13.3. The van der Waals surface area contributed by atoms with Crippen molar-refractivity contribution in [2.45, 2.75) is 0 Å². The minimum Gasteiger partial charge on any atom is -0.393 e. The summed E-state index contributed by atoms with van der Waals surface area (Å²) in [5.41, 5.74) is 11.1. The molecule has 6 heteroatoms. The molecule has 1 aromatic carbocycles. The molecule has 0 saturated carbocycles. The second kappa shape index (κ2) is 4.33. The van der Waals surface area contributed by atoms with Crippen molar-refractivity contribution in [3.63, 3.8) is 0 Å². The molecule has 0 aliphatic heterocycles. The average Bonchev–Trinajstić information content (AvgIpc) is 2.36. The number of aryl methyl sites for hydroxylation is 1. The van der Waals surface area contributed by atoms with Crippen LogP contribution < -0.4 is 17.0 Å². The van der Waals surface area contributed by atoms with E-state index in [9.17, 15) is 9.59 Å². The van der Waals surface area contributed by atoms with Crippen LogP contribution in [-0.4, -0.2) is 15.7 Å². The SMILES string of the molecule is Cn1nc(-c2ccccc2)c(C(N)=O)c(N)c1=O. The Morgan fingerprint density at radius 1 is 1.28 bits per heavy atom. The van der Waals surface area contributed by atoms with Crippen LogP contribution in [0.3, 0.4) is 0 Å². The lowest BCUT2D eigenvalue weighted by atomic mass is 10.1. The zero-order valence-corrected chi connectivity index (χ0v) is 9.75. The molecule has 4 N–H and O–H groups in total. The van der Waals surface area contributed by atoms with Crippen molar-refractivity contribution in [2.75, 3.05) is 5.73 Å². The highest BCUT2D eigenvalue weighted by atomic mass is 16.1. The van der Waals surface area contributed by atoms with Crippen molar-refractivity contribution in [2.24, 2.45) is 12.8 Å². The number of nitrogen functional groups attached to an aromatic ring is 1. The fraction of sp³-hybridized carbons (Fsp3) is 0.0833. The molecule has 0 unspecified atom stereocenters. The molecular weight excluding hydrogens is 232 g/mol. The van der Waals surface area contributed by atoms with Crippen LogP contribution >= 0.6 is 0 Å². The van der Waals surface area contributed by atoms with Crippen LogP contribution in [0.1, 0.15) is 10.4 Å². The van der Waals surface area contributed by atoms with Crippen LogP contribution in [0.5, 0.6) is 0 Å². The van der Waals surface area contributed by atoms with Crippen LogP contribution in [0.25, 0.3) is 11.3 Å². The Balaban J connectivity index is 2.83. The third-order valence-electron chi connectivity index (χ3n) is 2.57. The Bertz CT molecular complexity index is 662. The molecule has 1 heterocycles. The first-order valence-corrected chi connectivity index (χ1v) is 5.24. The number of carbonyl (C=O) groups excluding carboxylic acids is 1. The lowest BCUT2D eigenvalue weighted by Gasteiger charge is -2.10. The molecule has 92 valence electrons. The van der Waals surface area contributed by atoms with E-state index in [2.05, 4.69) is 5.10 Å². The van der Waals surface area contributed by atoms with Gasteiger partial charge in [-0.3, -0.25) is 9.59 Å². The number of carbonyl (C=O) groups is 1. The van der Waals surface area contributed by atoms with Gasteiger partial charge in [-0.1, -0.05) is 30.3 Å². The van der Waals surface area contributed by atoms with Gasteiger partial charge in [-0.2, -0.15) is 5.10 Å². The molecule has 0 radical (unpaired) electrons. The van der Waals surface area contributed by atoms with Gasteiger partial charge in [-0.15, -0.1) is 0 Å². The lowest BCUT2D eigenvalue weighted by molar-refractivity contribution is 0.100. The normalized spacial score (nSPS) is 10.3. The van der Waals surface area contributed by atoms with Crippen molar-refractivity contribution in [3.05, 3.63) is 46.2 Å². The van der Waals surface area contributed by atoms with Gasteiger partial charge < -0.3 is 11.5 Å². The molecular formula is C12H12N4O2. The quantitative estimate of drug-likeness (QED) is 0.783. The number of nitrogens with two attached hydrogens (primary N) is 2. The van der Waals surface area contributed by atoms with Gasteiger partial charge in [-0.05, 0) is 0 Å². The predicted octanol–water partition coefficient (Wildman–Crippen LogP) is 0.128. The van der Waals surface area contributed by atoms with Crippen LogP contribution in [0.2, 0.25) is 0 Å². The Morgan fingerprint density at radius 2 is 1.89 bits per heavy atom. The van der Waals surface area contributed by atoms with Crippen molar-refractivity contribution in [3.8, 4) is 11.3 Å². The fourth-order valence-corrected chi connectivity index (χ4v) is 1.70. The maximum Gasteiger partial charge on any atom is 0.290 e. The summed E-state index contributed by atoms with van der Waals surface area (Å²) >= 11 is 0. The summed E-state index contributed by atoms with van der Waals surface area (Å²) in [6, 6.07) is 8.95. The Labute approximate surface area is 103 Å². The lowest BCUT2D eigenvalue weighted by Crippen LogP contribution is -2.29. The second-order valence-corrected chi connectivity index (χ2v) is 3.80. The maximum atomic E-state index is 11.6. The molecule has 0 fully saturated rings. The van der Waals surface area contributed by atoms with E-state index in [1.54, 1.807) is 24.3 Å². The number of hydrogen-bond donors (Lipinski definition) is 2. The van der Waals surface area contributed by atoms with E-state index in [4.69, 9.17) is 11.5 Å². The number of amides is 1. The first-order chi connectivity index (χ1) is 8.52. The topological polar surface area (TPSA) is 104 Å². The number of aromatic nitrogens is 2. The zero-order valence-electron chi connectivity index (χ0n) is 9.75. The number of anilines is 1. The summed E-state index contributed by atoms with van der Waals surface area (Å²) in [6.07, 6.45) is 0. The monoisotopic (exact) mass is 244 g/mol. The molecule has 2 rings (SSSR count). The molecule has 0 atom stereocenters. The van der Waals surface area contributed by atoms with Gasteiger partial charge in [0.25, 0.3) is 11.5 Å². The van der Waals surface area contributed by atoms with Gasteiger partial charge in [0, 0.05) is 12.6 Å². The Kier molecular flexibility index (Phi) is 2.85. The van der Waals surface area contributed by atoms with Gasteiger partial charge in [0.15, 0.2) is 0 Å². The minimum atomic E-state index is -0.767. The molecule has 2 aromatic rings. The molecule has 0 spiro atoms. The van der Waals surface area contributed by atoms with Gasteiger partial charge in [0.1, 0.15) is 11.4 Å². The summed E-state index contributed by atoms with van der Waals surface area (Å²) in [5.74, 6) is -0.767. The highest BCUT2D eigenvalue weighted by molar-refractivity contribution is 6.03. The first kappa shape index (κ1) is 11.8. The third-order valence-corrected chi connectivity index (χ3v) is 2.57. The average molecular weight is 244 g/mol. The second-order valence-electron chi connectivity index (χ2n) is 3.80. The predicted molar refractivity (Wildman–Crippen MR) is 67.8 cm³/mol. The first-order valence-electron chi connectivity index (χ1n) is 5.24. The van der Waals surface area contributed by atoms with Crippen LogP contribution in [0, 0.1) is 0 Å². The van der Waals surface area contributed by atoms with E-state index in [-0.39, 0.29) is 11.3 Å². The van der Waals surface area contributed by atoms with E-state index < -0.39 is 11.5 Å². The van der Waals surface area contributed by atoms with Gasteiger partial charge in [-0.25, -0.2) is 4.68 Å². The van der Waals surface area contributed by atoms with Crippen molar-refractivity contribution >= 4 is 11.6 Å². The molecule has 0 aliphatic carbocycles. The largest absolute Gasteiger partial charge is 0.393 e. The molecule has 0 bridgehead atoms. The van der Waals surface area contributed by atoms with Crippen LogP contribution in [-0.2, 0) is 7.05 Å². The molecule has 6 nitrogen and oxygen atoms in total. The van der Waals surface area contributed by atoms with Crippen LogP contribution in [0.15, 0.2) is 35.1 Å². The number of primary amides is 1. The van der Waals surface area contributed by atoms with Gasteiger partial charge in [0.2, 0.25) is 0 Å². The Hall–Kier alpha value is -2.63. The highest BCUT2D eigenvalue weighted by Crippen LogP contribution is 2.22. The summed E-state index contributed by atoms with van der Waals surface area (Å²) in [4.78, 5) is 23.1. The van der Waals surface area contributed by atoms with E-state index in [0.29, 0.717) is 11.3 Å². The van der Waals surface area contributed by atoms with Crippen LogP contribution in [0.4, 0.5) is 5.69 Å². The summed E-state index contributed by atoms with van der Waals surface area (Å²) in [7, 11) is 1.47. The fourth-order valence-electron chi connectivity index (χ4n) is 1.70. The molecule has 0 aliphatic rings. The van der Waals surface area contributed by atoms with E-state index in [0.717, 1.165) is 4.68 Å². The van der Waals surface area contributed by atoms with Crippen molar-refractivity contribution < 1.29 is 4.79 Å². The van der Waals surface area contributed by atoms with E-state index in [1.807, 2.05) is 6.07 Å².